The van der Waals surface area contributed by atoms with Crippen LogP contribution in [0.4, 0.5) is 17.6 Å². The fraction of sp³-hybridized carbons (Fsp3) is 0.400. The number of halogens is 4. The second-order valence-electron chi connectivity index (χ2n) is 3.62. The molecule has 0 aliphatic rings. The molecule has 0 amide bonds. The van der Waals surface area contributed by atoms with Crippen LogP contribution < -0.4 is 0 Å². The first-order valence-corrected chi connectivity index (χ1v) is 6.28. The van der Waals surface area contributed by atoms with Crippen LogP contribution in [0.25, 0.3) is 0 Å². The highest BCUT2D eigenvalue weighted by atomic mass is 32.2. The second-order valence-corrected chi connectivity index (χ2v) is 5.04. The van der Waals surface area contributed by atoms with Gasteiger partial charge in [-0.1, -0.05) is 12.1 Å². The molecular formula is C10H10F4O3S. The van der Waals surface area contributed by atoms with Crippen molar-refractivity contribution in [2.75, 3.05) is 0 Å². The summed E-state index contributed by atoms with van der Waals surface area (Å²) in [5.74, 6) is 0. The van der Waals surface area contributed by atoms with E-state index in [9.17, 15) is 26.0 Å². The largest absolute Gasteiger partial charge is 0.294 e. The fourth-order valence-corrected chi connectivity index (χ4v) is 1.77. The first kappa shape index (κ1) is 14.9. The van der Waals surface area contributed by atoms with E-state index in [0.717, 1.165) is 24.3 Å². The molecule has 8 heteroatoms. The van der Waals surface area contributed by atoms with Crippen LogP contribution in [0, 0.1) is 0 Å². The average Bonchev–Trinajstić information content (AvgIpc) is 2.27. The standard InChI is InChI=1S/C10H10F4O3S/c11-8(9(12)10(13)14)5-6-1-3-7(4-2-6)18(15,16)17/h1-4,8-10H,5H2,(H,15,16,17). The van der Waals surface area contributed by atoms with Gasteiger partial charge in [0.15, 0.2) is 6.17 Å². The summed E-state index contributed by atoms with van der Waals surface area (Å²) in [5.41, 5.74) is 0.151. The van der Waals surface area contributed by atoms with E-state index in [1.165, 1.54) is 0 Å². The molecule has 1 rings (SSSR count). The lowest BCUT2D eigenvalue weighted by Crippen LogP contribution is -2.26. The molecular weight excluding hydrogens is 276 g/mol. The van der Waals surface area contributed by atoms with Crippen molar-refractivity contribution in [2.24, 2.45) is 0 Å². The van der Waals surface area contributed by atoms with E-state index in [0.29, 0.717) is 0 Å². The molecule has 0 bridgehead atoms. The third-order valence-electron chi connectivity index (χ3n) is 2.24. The van der Waals surface area contributed by atoms with Crippen molar-refractivity contribution in [1.82, 2.24) is 0 Å². The van der Waals surface area contributed by atoms with Crippen molar-refractivity contribution in [3.63, 3.8) is 0 Å². The molecule has 0 fully saturated rings. The molecule has 0 aromatic heterocycles. The van der Waals surface area contributed by atoms with Gasteiger partial charge in [0.05, 0.1) is 4.90 Å². The van der Waals surface area contributed by atoms with Crippen molar-refractivity contribution < 1.29 is 30.5 Å². The van der Waals surface area contributed by atoms with Gasteiger partial charge in [0.1, 0.15) is 6.17 Å². The molecule has 3 nitrogen and oxygen atoms in total. The van der Waals surface area contributed by atoms with Crippen LogP contribution in [-0.4, -0.2) is 31.7 Å². The Hall–Kier alpha value is -1.15. The van der Waals surface area contributed by atoms with E-state index in [1.807, 2.05) is 0 Å². The van der Waals surface area contributed by atoms with Crippen molar-refractivity contribution in [1.29, 1.82) is 0 Å². The van der Waals surface area contributed by atoms with E-state index in [2.05, 4.69) is 0 Å². The lowest BCUT2D eigenvalue weighted by atomic mass is 10.1. The van der Waals surface area contributed by atoms with Gasteiger partial charge in [-0.15, -0.1) is 0 Å². The number of hydrogen-bond acceptors (Lipinski definition) is 2. The number of benzene rings is 1. The van der Waals surface area contributed by atoms with Crippen LogP contribution in [0.1, 0.15) is 5.56 Å². The minimum Gasteiger partial charge on any atom is -0.282 e. The van der Waals surface area contributed by atoms with Gasteiger partial charge < -0.3 is 0 Å². The molecule has 0 aliphatic heterocycles. The predicted octanol–water partition coefficient (Wildman–Crippen LogP) is 2.42. The van der Waals surface area contributed by atoms with E-state index >= 15 is 0 Å². The number of alkyl halides is 4. The van der Waals surface area contributed by atoms with Gasteiger partial charge in [-0.3, -0.25) is 4.55 Å². The first-order valence-electron chi connectivity index (χ1n) is 4.84. The molecule has 18 heavy (non-hydrogen) atoms. The van der Waals surface area contributed by atoms with Gasteiger partial charge in [-0.25, -0.2) is 17.6 Å². The SMILES string of the molecule is O=S(=O)(O)c1ccc(CC(F)C(F)C(F)F)cc1. The van der Waals surface area contributed by atoms with Crippen LogP contribution in [0.5, 0.6) is 0 Å². The molecule has 1 aromatic rings. The van der Waals surface area contributed by atoms with Crippen LogP contribution in [0.2, 0.25) is 0 Å². The Morgan fingerprint density at radius 3 is 1.94 bits per heavy atom. The zero-order valence-corrected chi connectivity index (χ0v) is 9.75. The Labute approximate surface area is 101 Å². The first-order chi connectivity index (χ1) is 8.21. The summed E-state index contributed by atoms with van der Waals surface area (Å²) < 4.78 is 79.4. The molecule has 1 aromatic carbocycles. The highest BCUT2D eigenvalue weighted by Gasteiger charge is 2.29. The zero-order chi connectivity index (χ0) is 13.9. The summed E-state index contributed by atoms with van der Waals surface area (Å²) in [6.07, 6.45) is -9.26. The van der Waals surface area contributed by atoms with Gasteiger partial charge in [0, 0.05) is 6.42 Å². The highest BCUT2D eigenvalue weighted by molar-refractivity contribution is 7.85. The quantitative estimate of drug-likeness (QED) is 0.668. The third-order valence-corrected chi connectivity index (χ3v) is 3.11. The zero-order valence-electron chi connectivity index (χ0n) is 8.93. The maximum atomic E-state index is 13.0. The lowest BCUT2D eigenvalue weighted by Gasteiger charge is -2.12. The van der Waals surface area contributed by atoms with Crippen LogP contribution >= 0.6 is 0 Å². The topological polar surface area (TPSA) is 54.4 Å². The molecule has 0 radical (unpaired) electrons. The molecule has 0 aliphatic carbocycles. The van der Waals surface area contributed by atoms with Crippen molar-refractivity contribution in [3.05, 3.63) is 29.8 Å². The molecule has 2 atom stereocenters. The Morgan fingerprint density at radius 1 is 1.06 bits per heavy atom. The van der Waals surface area contributed by atoms with Crippen molar-refractivity contribution in [2.45, 2.75) is 30.1 Å². The predicted molar refractivity (Wildman–Crippen MR) is 55.8 cm³/mol. The minimum absolute atomic E-state index is 0.151. The minimum atomic E-state index is -4.37. The van der Waals surface area contributed by atoms with E-state index in [-0.39, 0.29) is 5.56 Å². The molecule has 102 valence electrons. The Morgan fingerprint density at radius 2 is 1.56 bits per heavy atom. The van der Waals surface area contributed by atoms with Gasteiger partial charge in [0.2, 0.25) is 0 Å². The average molecular weight is 286 g/mol. The van der Waals surface area contributed by atoms with Crippen LogP contribution in [-0.2, 0) is 16.5 Å². The summed E-state index contributed by atoms with van der Waals surface area (Å²) in [6.45, 7) is 0. The summed E-state index contributed by atoms with van der Waals surface area (Å²) in [7, 11) is -4.37. The number of hydrogen-bond donors (Lipinski definition) is 1. The summed E-state index contributed by atoms with van der Waals surface area (Å²) in [4.78, 5) is -0.410. The lowest BCUT2D eigenvalue weighted by molar-refractivity contribution is 0.00385. The Kier molecular flexibility index (Phi) is 4.69. The van der Waals surface area contributed by atoms with E-state index in [4.69, 9.17) is 4.55 Å². The molecule has 0 spiro atoms. The smallest absolute Gasteiger partial charge is 0.282 e. The summed E-state index contributed by atoms with van der Waals surface area (Å²) in [5, 5.41) is 0. The van der Waals surface area contributed by atoms with Gasteiger partial charge in [-0.2, -0.15) is 8.42 Å². The fourth-order valence-electron chi connectivity index (χ4n) is 1.29. The second kappa shape index (κ2) is 5.66. The molecule has 2 unspecified atom stereocenters. The maximum Gasteiger partial charge on any atom is 0.294 e. The third kappa shape index (κ3) is 3.95. The molecule has 1 N–H and O–H groups in total. The Balaban J connectivity index is 2.76. The summed E-state index contributed by atoms with van der Waals surface area (Å²) >= 11 is 0. The van der Waals surface area contributed by atoms with Crippen molar-refractivity contribution >= 4 is 10.1 Å². The van der Waals surface area contributed by atoms with Gasteiger partial charge >= 0.3 is 0 Å². The summed E-state index contributed by atoms with van der Waals surface area (Å²) in [6, 6.07) is 4.20. The van der Waals surface area contributed by atoms with E-state index < -0.39 is 40.2 Å². The van der Waals surface area contributed by atoms with Crippen LogP contribution in [0.15, 0.2) is 29.2 Å². The number of rotatable bonds is 5. The monoisotopic (exact) mass is 286 g/mol. The molecule has 0 saturated heterocycles. The maximum absolute atomic E-state index is 13.0. The van der Waals surface area contributed by atoms with Crippen molar-refractivity contribution in [3.8, 4) is 0 Å². The normalized spacial score (nSPS) is 15.7. The molecule has 0 heterocycles. The highest BCUT2D eigenvalue weighted by Crippen LogP contribution is 2.18. The van der Waals surface area contributed by atoms with Crippen LogP contribution in [0.3, 0.4) is 0 Å². The molecule has 0 saturated carbocycles. The van der Waals surface area contributed by atoms with Gasteiger partial charge in [0.25, 0.3) is 16.5 Å². The van der Waals surface area contributed by atoms with Gasteiger partial charge in [-0.05, 0) is 17.7 Å². The Bertz CT molecular complexity index is 486. The van der Waals surface area contributed by atoms with E-state index in [1.54, 1.807) is 0 Å².